The first-order valence-electron chi connectivity index (χ1n) is 4.81. The van der Waals surface area contributed by atoms with E-state index in [-0.39, 0.29) is 16.9 Å². The lowest BCUT2D eigenvalue weighted by molar-refractivity contribution is -0.144. The molecule has 0 aromatic carbocycles. The molecule has 1 aromatic rings. The Labute approximate surface area is 101 Å². The van der Waals surface area contributed by atoms with Crippen LogP contribution in [0.15, 0.2) is 6.07 Å². The van der Waals surface area contributed by atoms with Crippen LogP contribution in [0.4, 0.5) is 24.8 Å². The number of nitrogens with zero attached hydrogens (tertiary/aromatic N) is 2. The number of aromatic nitrogens is 2. The topological polar surface area (TPSA) is 63.8 Å². The minimum Gasteiger partial charge on any atom is -0.384 e. The predicted molar refractivity (Wildman–Crippen MR) is 62.9 cm³/mol. The molecule has 4 nitrogen and oxygen atoms in total. The van der Waals surface area contributed by atoms with Gasteiger partial charge in [0, 0.05) is 17.9 Å². The molecular formula is C9H13F3N4S. The highest BCUT2D eigenvalue weighted by atomic mass is 32.2. The Bertz CT molecular complexity index is 383. The van der Waals surface area contributed by atoms with Crippen LogP contribution >= 0.6 is 11.8 Å². The van der Waals surface area contributed by atoms with Crippen molar-refractivity contribution in [1.29, 1.82) is 0 Å². The number of halogens is 3. The molecular weight excluding hydrogens is 253 g/mol. The number of thioether (sulfide) groups is 1. The number of alkyl halides is 3. The molecule has 1 atom stereocenters. The summed E-state index contributed by atoms with van der Waals surface area (Å²) in [7, 11) is 0. The largest absolute Gasteiger partial charge is 0.451 e. The van der Waals surface area contributed by atoms with E-state index in [0.717, 1.165) is 0 Å². The molecule has 0 bridgehead atoms. The van der Waals surface area contributed by atoms with E-state index in [1.165, 1.54) is 6.07 Å². The molecule has 0 aliphatic carbocycles. The summed E-state index contributed by atoms with van der Waals surface area (Å²) in [4.78, 5) is 6.52. The van der Waals surface area contributed by atoms with E-state index in [9.17, 15) is 13.2 Å². The van der Waals surface area contributed by atoms with Crippen molar-refractivity contribution >= 4 is 23.4 Å². The molecule has 1 rings (SSSR count). The van der Waals surface area contributed by atoms with E-state index in [4.69, 9.17) is 5.73 Å². The van der Waals surface area contributed by atoms with Crippen molar-refractivity contribution in [2.45, 2.75) is 18.3 Å². The minimum absolute atomic E-state index is 0.0886. The summed E-state index contributed by atoms with van der Waals surface area (Å²) in [6.45, 7) is 2.46. The second-order valence-corrected chi connectivity index (χ2v) is 4.70. The fourth-order valence-corrected chi connectivity index (χ4v) is 1.26. The zero-order chi connectivity index (χ0) is 13.1. The average molecular weight is 266 g/mol. The number of nitrogens with one attached hydrogen (secondary N) is 1. The van der Waals surface area contributed by atoms with Gasteiger partial charge in [-0.1, -0.05) is 6.92 Å². The summed E-state index contributed by atoms with van der Waals surface area (Å²) in [6.07, 6.45) is -2.67. The van der Waals surface area contributed by atoms with Crippen molar-refractivity contribution in [3.05, 3.63) is 11.9 Å². The number of hydrogen-bond acceptors (Lipinski definition) is 5. The van der Waals surface area contributed by atoms with Crippen LogP contribution < -0.4 is 11.1 Å². The molecule has 17 heavy (non-hydrogen) atoms. The Morgan fingerprint density at radius 1 is 1.47 bits per heavy atom. The highest BCUT2D eigenvalue weighted by molar-refractivity contribution is 7.99. The van der Waals surface area contributed by atoms with Gasteiger partial charge in [-0.05, 0) is 6.26 Å². The van der Waals surface area contributed by atoms with Gasteiger partial charge < -0.3 is 11.1 Å². The Kier molecular flexibility index (Phi) is 4.44. The minimum atomic E-state index is -4.59. The lowest BCUT2D eigenvalue weighted by Gasteiger charge is -2.12. The maximum atomic E-state index is 12.4. The van der Waals surface area contributed by atoms with E-state index in [1.54, 1.807) is 11.8 Å². The second-order valence-electron chi connectivity index (χ2n) is 3.43. The highest BCUT2D eigenvalue weighted by Crippen LogP contribution is 2.27. The fraction of sp³-hybridized carbons (Fsp3) is 0.556. The monoisotopic (exact) mass is 266 g/mol. The van der Waals surface area contributed by atoms with E-state index >= 15 is 0 Å². The lowest BCUT2D eigenvalue weighted by atomic mass is 10.4. The molecule has 0 saturated heterocycles. The Morgan fingerprint density at radius 3 is 2.65 bits per heavy atom. The second kappa shape index (κ2) is 5.44. The third-order valence-corrected chi connectivity index (χ3v) is 2.94. The van der Waals surface area contributed by atoms with Crippen LogP contribution in [0.2, 0.25) is 0 Å². The molecule has 0 spiro atoms. The van der Waals surface area contributed by atoms with Crippen LogP contribution in [0, 0.1) is 0 Å². The summed E-state index contributed by atoms with van der Waals surface area (Å²) in [5.74, 6) is -1.34. The molecule has 0 fully saturated rings. The van der Waals surface area contributed by atoms with Crippen molar-refractivity contribution in [2.24, 2.45) is 0 Å². The van der Waals surface area contributed by atoms with Crippen molar-refractivity contribution < 1.29 is 13.2 Å². The number of anilines is 2. The zero-order valence-electron chi connectivity index (χ0n) is 9.38. The highest BCUT2D eigenvalue weighted by Gasteiger charge is 2.35. The van der Waals surface area contributed by atoms with Gasteiger partial charge in [-0.3, -0.25) is 0 Å². The molecule has 0 aliphatic rings. The van der Waals surface area contributed by atoms with Gasteiger partial charge in [-0.25, -0.2) is 9.97 Å². The van der Waals surface area contributed by atoms with Crippen LogP contribution in [0.25, 0.3) is 0 Å². The first kappa shape index (κ1) is 13.9. The van der Waals surface area contributed by atoms with E-state index in [0.29, 0.717) is 6.54 Å². The van der Waals surface area contributed by atoms with Crippen molar-refractivity contribution in [3.63, 3.8) is 0 Å². The lowest BCUT2D eigenvalue weighted by Crippen LogP contribution is -2.17. The van der Waals surface area contributed by atoms with Gasteiger partial charge in [-0.2, -0.15) is 24.9 Å². The first-order valence-corrected chi connectivity index (χ1v) is 6.10. The quantitative estimate of drug-likeness (QED) is 0.875. The van der Waals surface area contributed by atoms with E-state index in [2.05, 4.69) is 15.3 Å². The standard InChI is InChI=1S/C9H13F3N4S/c1-5(17-2)4-14-7-3-6(13)15-8(16-7)9(10,11)12/h3,5H,4H2,1-2H3,(H3,13,14,15,16). The number of nitrogens with two attached hydrogens (primary N) is 1. The van der Waals surface area contributed by atoms with Crippen LogP contribution in [0.5, 0.6) is 0 Å². The molecule has 0 aliphatic heterocycles. The average Bonchev–Trinajstić information content (AvgIpc) is 2.24. The number of nitrogen functional groups attached to an aromatic ring is 1. The predicted octanol–water partition coefficient (Wildman–Crippen LogP) is 2.24. The molecule has 1 unspecified atom stereocenters. The van der Waals surface area contributed by atoms with Crippen LogP contribution in [-0.4, -0.2) is 28.0 Å². The fourth-order valence-electron chi connectivity index (χ4n) is 1.01. The summed E-state index contributed by atoms with van der Waals surface area (Å²) in [6, 6.07) is 1.28. The Balaban J connectivity index is 2.83. The molecule has 3 N–H and O–H groups in total. The van der Waals surface area contributed by atoms with E-state index < -0.39 is 12.0 Å². The molecule has 0 amide bonds. The maximum absolute atomic E-state index is 12.4. The SMILES string of the molecule is CSC(C)CNc1cc(N)nc(C(F)(F)F)n1. The smallest absolute Gasteiger partial charge is 0.384 e. The van der Waals surface area contributed by atoms with Gasteiger partial charge in [0.15, 0.2) is 0 Å². The molecule has 1 heterocycles. The normalized spacial score (nSPS) is 13.5. The number of hydrogen-bond donors (Lipinski definition) is 2. The molecule has 96 valence electrons. The Hall–Kier alpha value is -1.18. The molecule has 1 aromatic heterocycles. The third-order valence-electron chi connectivity index (χ3n) is 1.97. The van der Waals surface area contributed by atoms with Crippen LogP contribution in [-0.2, 0) is 6.18 Å². The first-order chi connectivity index (χ1) is 7.82. The van der Waals surface area contributed by atoms with Crippen molar-refractivity contribution in [1.82, 2.24) is 9.97 Å². The van der Waals surface area contributed by atoms with Crippen molar-refractivity contribution in [3.8, 4) is 0 Å². The molecule has 0 saturated carbocycles. The van der Waals surface area contributed by atoms with Crippen molar-refractivity contribution in [2.75, 3.05) is 23.9 Å². The van der Waals surface area contributed by atoms with Gasteiger partial charge in [0.1, 0.15) is 11.6 Å². The van der Waals surface area contributed by atoms with Gasteiger partial charge in [-0.15, -0.1) is 0 Å². The summed E-state index contributed by atoms with van der Waals surface area (Å²) >= 11 is 1.60. The summed E-state index contributed by atoms with van der Waals surface area (Å²) < 4.78 is 37.2. The van der Waals surface area contributed by atoms with Gasteiger partial charge in [0.25, 0.3) is 0 Å². The number of rotatable bonds is 4. The maximum Gasteiger partial charge on any atom is 0.451 e. The summed E-state index contributed by atoms with van der Waals surface area (Å²) in [5.41, 5.74) is 5.30. The van der Waals surface area contributed by atoms with Gasteiger partial charge in [0.05, 0.1) is 0 Å². The molecule has 8 heteroatoms. The zero-order valence-corrected chi connectivity index (χ0v) is 10.2. The summed E-state index contributed by atoms with van der Waals surface area (Å²) in [5, 5.41) is 3.06. The van der Waals surface area contributed by atoms with Gasteiger partial charge >= 0.3 is 6.18 Å². The van der Waals surface area contributed by atoms with Crippen LogP contribution in [0.1, 0.15) is 12.7 Å². The van der Waals surface area contributed by atoms with E-state index in [1.807, 2.05) is 13.2 Å². The van der Waals surface area contributed by atoms with Crippen LogP contribution in [0.3, 0.4) is 0 Å². The Morgan fingerprint density at radius 2 is 2.12 bits per heavy atom. The third kappa shape index (κ3) is 4.29. The molecule has 0 radical (unpaired) electrons. The van der Waals surface area contributed by atoms with Gasteiger partial charge in [0.2, 0.25) is 5.82 Å².